The zero-order valence-electron chi connectivity index (χ0n) is 21.6. The van der Waals surface area contributed by atoms with Crippen molar-refractivity contribution in [2.45, 2.75) is 32.1 Å². The van der Waals surface area contributed by atoms with Crippen LogP contribution in [0.5, 0.6) is 0 Å². The Kier molecular flexibility index (Phi) is 8.33. The highest BCUT2D eigenvalue weighted by Crippen LogP contribution is 2.40. The van der Waals surface area contributed by atoms with Gasteiger partial charge < -0.3 is 26.6 Å². The number of terminal acetylenes is 1. The summed E-state index contributed by atoms with van der Waals surface area (Å²) in [6.45, 7) is 4.77. The summed E-state index contributed by atoms with van der Waals surface area (Å²) in [7, 11) is 0. The fourth-order valence-corrected chi connectivity index (χ4v) is 4.68. The molecule has 0 radical (unpaired) electrons. The highest BCUT2D eigenvalue weighted by Gasteiger charge is 2.31. The molecule has 0 saturated carbocycles. The normalized spacial score (nSPS) is 14.0. The van der Waals surface area contributed by atoms with Gasteiger partial charge >= 0.3 is 0 Å². The summed E-state index contributed by atoms with van der Waals surface area (Å²) in [5.74, 6) is 1.17. The minimum Gasteiger partial charge on any atom is -0.341 e. The third-order valence-corrected chi connectivity index (χ3v) is 6.81. The molecule has 0 saturated heterocycles. The van der Waals surface area contributed by atoms with Gasteiger partial charge in [0.25, 0.3) is 5.91 Å². The number of nitrogens with zero attached hydrogens (tertiary/aromatic N) is 3. The van der Waals surface area contributed by atoms with Gasteiger partial charge in [0.05, 0.1) is 30.5 Å². The first-order chi connectivity index (χ1) is 18.6. The number of nitrogens with two attached hydrogens (primary N) is 1. The summed E-state index contributed by atoms with van der Waals surface area (Å²) >= 11 is 6.31. The van der Waals surface area contributed by atoms with E-state index in [1.807, 2.05) is 18.2 Å². The molecular formula is C28H29ClFN7O2. The first kappa shape index (κ1) is 27.8. The third kappa shape index (κ3) is 6.11. The molecule has 1 aliphatic rings. The molecule has 39 heavy (non-hydrogen) atoms. The van der Waals surface area contributed by atoms with Crippen molar-refractivity contribution >= 4 is 52.2 Å². The van der Waals surface area contributed by atoms with Crippen LogP contribution in [0.4, 0.5) is 33.2 Å². The fraction of sp³-hybridized carbons (Fsp3) is 0.286. The lowest BCUT2D eigenvalue weighted by Gasteiger charge is -2.28. The van der Waals surface area contributed by atoms with Crippen LogP contribution in [0.3, 0.4) is 0 Å². The summed E-state index contributed by atoms with van der Waals surface area (Å²) in [4.78, 5) is 35.5. The molecule has 1 aromatic heterocycles. The van der Waals surface area contributed by atoms with Crippen molar-refractivity contribution in [2.75, 3.05) is 35.2 Å². The van der Waals surface area contributed by atoms with Crippen LogP contribution in [-0.4, -0.2) is 41.4 Å². The molecule has 5 N–H and O–H groups in total. The Morgan fingerprint density at radius 1 is 1.26 bits per heavy atom. The Morgan fingerprint density at radius 2 is 2.05 bits per heavy atom. The summed E-state index contributed by atoms with van der Waals surface area (Å²) in [5, 5.41) is 8.57. The number of nitrogens with one attached hydrogen (secondary N) is 3. The summed E-state index contributed by atoms with van der Waals surface area (Å²) in [6.07, 6.45) is 8.35. The van der Waals surface area contributed by atoms with E-state index in [4.69, 9.17) is 23.8 Å². The zero-order valence-corrected chi connectivity index (χ0v) is 22.4. The van der Waals surface area contributed by atoms with Gasteiger partial charge in [0.15, 0.2) is 5.82 Å². The molecule has 2 heterocycles. The van der Waals surface area contributed by atoms with Crippen LogP contribution in [0.1, 0.15) is 42.6 Å². The van der Waals surface area contributed by atoms with E-state index in [2.05, 4.69) is 45.7 Å². The predicted molar refractivity (Wildman–Crippen MR) is 151 cm³/mol. The Bertz CT molecular complexity index is 1450. The lowest BCUT2D eigenvalue weighted by atomic mass is 9.80. The Balaban J connectivity index is 1.65. The van der Waals surface area contributed by atoms with Gasteiger partial charge in [-0.1, -0.05) is 43.5 Å². The monoisotopic (exact) mass is 549 g/mol. The first-order valence-electron chi connectivity index (χ1n) is 12.4. The van der Waals surface area contributed by atoms with Crippen molar-refractivity contribution in [3.05, 3.63) is 64.6 Å². The minimum atomic E-state index is -0.675. The van der Waals surface area contributed by atoms with Crippen LogP contribution in [0.2, 0.25) is 5.02 Å². The van der Waals surface area contributed by atoms with Crippen molar-refractivity contribution < 1.29 is 14.0 Å². The average Bonchev–Trinajstić information content (AvgIpc) is 3.04. The summed E-state index contributed by atoms with van der Waals surface area (Å²) < 4.78 is 14.8. The maximum Gasteiger partial charge on any atom is 0.254 e. The number of anilines is 5. The SMILES string of the molecule is C#CCNC(=O)c1cccc(F)c1Nc1nc(Nc2ccc3c(c2)N(C(=O)CN)CCCC3(C)C)ncc1Cl. The van der Waals surface area contributed by atoms with Crippen LogP contribution in [0, 0.1) is 18.2 Å². The standard InChI is InChI=1S/C28H29ClFN7O2/c1-4-12-32-26(39)18-7-5-8-21(30)24(18)35-25-20(29)16-33-27(36-25)34-17-9-10-19-22(14-17)37(23(38)15-31)13-6-11-28(19,2)3/h1,5,7-10,14,16H,6,11-13,15,31H2,2-3H3,(H,32,39)(H2,33,34,35,36). The number of rotatable bonds is 7. The Morgan fingerprint density at radius 3 is 2.79 bits per heavy atom. The number of amides is 2. The fourth-order valence-electron chi connectivity index (χ4n) is 4.54. The molecule has 1 aliphatic heterocycles. The number of hydrogen-bond donors (Lipinski definition) is 4. The Labute approximate surface area is 231 Å². The lowest BCUT2D eigenvalue weighted by molar-refractivity contribution is -0.117. The molecule has 202 valence electrons. The van der Waals surface area contributed by atoms with Crippen molar-refractivity contribution in [3.8, 4) is 12.3 Å². The Hall–Kier alpha value is -4.20. The second-order valence-corrected chi connectivity index (χ2v) is 10.1. The molecule has 0 unspecified atom stereocenters. The highest BCUT2D eigenvalue weighted by molar-refractivity contribution is 6.33. The highest BCUT2D eigenvalue weighted by atomic mass is 35.5. The zero-order chi connectivity index (χ0) is 28.2. The molecule has 0 bridgehead atoms. The molecular weight excluding hydrogens is 521 g/mol. The summed E-state index contributed by atoms with van der Waals surface area (Å²) in [6, 6.07) is 9.81. The number of halogens is 2. The lowest BCUT2D eigenvalue weighted by Crippen LogP contribution is -2.36. The van der Waals surface area contributed by atoms with E-state index in [9.17, 15) is 14.0 Å². The number of carbonyl (C=O) groups excluding carboxylic acids is 2. The van der Waals surface area contributed by atoms with Gasteiger partial charge in [0.1, 0.15) is 10.8 Å². The smallest absolute Gasteiger partial charge is 0.254 e. The molecule has 0 spiro atoms. The maximum absolute atomic E-state index is 14.8. The van der Waals surface area contributed by atoms with E-state index in [0.29, 0.717) is 12.2 Å². The molecule has 9 nitrogen and oxygen atoms in total. The van der Waals surface area contributed by atoms with Crippen LogP contribution < -0.4 is 26.6 Å². The second-order valence-electron chi connectivity index (χ2n) is 9.66. The molecule has 2 aromatic carbocycles. The van der Waals surface area contributed by atoms with Crippen molar-refractivity contribution in [2.24, 2.45) is 5.73 Å². The van der Waals surface area contributed by atoms with Gasteiger partial charge in [-0.25, -0.2) is 9.37 Å². The number of para-hydroxylation sites is 1. The van der Waals surface area contributed by atoms with Crippen LogP contribution in [-0.2, 0) is 10.2 Å². The van der Waals surface area contributed by atoms with Gasteiger partial charge in [-0.3, -0.25) is 9.59 Å². The molecule has 0 fully saturated rings. The van der Waals surface area contributed by atoms with Gasteiger partial charge in [-0.15, -0.1) is 6.42 Å². The topological polar surface area (TPSA) is 125 Å². The van der Waals surface area contributed by atoms with E-state index in [1.165, 1.54) is 24.4 Å². The van der Waals surface area contributed by atoms with Gasteiger partial charge in [-0.2, -0.15) is 4.98 Å². The van der Waals surface area contributed by atoms with E-state index in [0.717, 1.165) is 24.1 Å². The minimum absolute atomic E-state index is 0.0105. The number of hydrogen-bond acceptors (Lipinski definition) is 7. The van der Waals surface area contributed by atoms with E-state index in [-0.39, 0.29) is 52.5 Å². The van der Waals surface area contributed by atoms with Crippen LogP contribution >= 0.6 is 11.6 Å². The molecule has 3 aromatic rings. The first-order valence-corrected chi connectivity index (χ1v) is 12.7. The third-order valence-electron chi connectivity index (χ3n) is 6.53. The molecule has 0 atom stereocenters. The van der Waals surface area contributed by atoms with Gasteiger partial charge in [-0.05, 0) is 48.1 Å². The van der Waals surface area contributed by atoms with E-state index < -0.39 is 11.7 Å². The quantitative estimate of drug-likeness (QED) is 0.320. The van der Waals surface area contributed by atoms with Crippen molar-refractivity contribution in [3.63, 3.8) is 0 Å². The maximum atomic E-state index is 14.8. The van der Waals surface area contributed by atoms with Crippen molar-refractivity contribution in [1.82, 2.24) is 15.3 Å². The number of aromatic nitrogens is 2. The molecule has 11 heteroatoms. The predicted octanol–water partition coefficient (Wildman–Crippen LogP) is 4.48. The number of benzene rings is 2. The van der Waals surface area contributed by atoms with Gasteiger partial charge in [0.2, 0.25) is 11.9 Å². The van der Waals surface area contributed by atoms with E-state index in [1.54, 1.807) is 4.90 Å². The number of fused-ring (bicyclic) bond motifs is 1. The van der Waals surface area contributed by atoms with Crippen LogP contribution in [0.25, 0.3) is 0 Å². The number of carbonyl (C=O) groups is 2. The average molecular weight is 550 g/mol. The largest absolute Gasteiger partial charge is 0.341 e. The molecule has 0 aliphatic carbocycles. The van der Waals surface area contributed by atoms with Crippen molar-refractivity contribution in [1.29, 1.82) is 0 Å². The second kappa shape index (κ2) is 11.7. The summed E-state index contributed by atoms with van der Waals surface area (Å²) in [5.41, 5.74) is 7.94. The molecule has 2 amide bonds. The van der Waals surface area contributed by atoms with Crippen LogP contribution in [0.15, 0.2) is 42.6 Å². The van der Waals surface area contributed by atoms with Gasteiger partial charge in [0, 0.05) is 17.9 Å². The molecule has 4 rings (SSSR count). The van der Waals surface area contributed by atoms with E-state index >= 15 is 0 Å².